The molecular weight excluding hydrogens is 426 g/mol. The van der Waals surface area contributed by atoms with E-state index in [0.29, 0.717) is 43.0 Å². The number of phenolic OH excluding ortho intramolecular Hbond substituents is 1. The smallest absolute Gasteiger partial charge is 0.278 e. The van der Waals surface area contributed by atoms with Gasteiger partial charge in [0.05, 0.1) is 22.8 Å². The molecule has 2 aromatic carbocycles. The first kappa shape index (κ1) is 20.5. The van der Waals surface area contributed by atoms with Crippen LogP contribution in [0.5, 0.6) is 5.75 Å². The number of aromatic amines is 1. The Labute approximate surface area is 196 Å². The van der Waals surface area contributed by atoms with Crippen LogP contribution in [0.4, 0.5) is 0 Å². The summed E-state index contributed by atoms with van der Waals surface area (Å²) in [5, 5.41) is 19.7. The van der Waals surface area contributed by atoms with Gasteiger partial charge in [-0.2, -0.15) is 0 Å². The van der Waals surface area contributed by atoms with Gasteiger partial charge in [-0.25, -0.2) is 4.98 Å². The molecule has 6 rings (SSSR count). The molecule has 6 heteroatoms. The Hall–Kier alpha value is -4.06. The summed E-state index contributed by atoms with van der Waals surface area (Å²) in [7, 11) is 0. The summed E-state index contributed by atoms with van der Waals surface area (Å²) >= 11 is 0. The standard InChI is InChI=1S/C28H25N3O3/c32-20-9-6-18(7-10-20)15-24-28(34)31-25-13-8-19-16-21(33)11-12-22(19)26(25)29-23(27(31)30-24)14-17-4-2-1-3-5-17/h1-7,9-10,16,29,32-33H,8,11-15H2. The molecule has 2 aromatic rings. The van der Waals surface area contributed by atoms with Crippen LogP contribution in [0.25, 0.3) is 11.4 Å². The zero-order valence-corrected chi connectivity index (χ0v) is 18.7. The van der Waals surface area contributed by atoms with Crippen molar-refractivity contribution in [2.45, 2.75) is 38.5 Å². The lowest BCUT2D eigenvalue weighted by Crippen LogP contribution is -2.26. The zero-order valence-electron chi connectivity index (χ0n) is 18.7. The van der Waals surface area contributed by atoms with E-state index in [2.05, 4.69) is 17.1 Å². The van der Waals surface area contributed by atoms with Crippen molar-refractivity contribution < 1.29 is 10.2 Å². The number of allylic oxidation sites excluding steroid dienone is 4. The molecule has 0 radical (unpaired) electrons. The maximum Gasteiger partial charge on any atom is 0.278 e. The molecule has 0 atom stereocenters. The normalized spacial score (nSPS) is 15.2. The number of aliphatic hydroxyl groups is 1. The third-order valence-corrected chi connectivity index (χ3v) is 6.83. The monoisotopic (exact) mass is 451 g/mol. The molecule has 0 amide bonds. The first-order chi connectivity index (χ1) is 16.6. The van der Waals surface area contributed by atoms with Gasteiger partial charge in [-0.15, -0.1) is 0 Å². The van der Waals surface area contributed by atoms with Crippen molar-refractivity contribution in [2.75, 3.05) is 0 Å². The second-order valence-corrected chi connectivity index (χ2v) is 9.09. The fourth-order valence-corrected chi connectivity index (χ4v) is 5.16. The summed E-state index contributed by atoms with van der Waals surface area (Å²) in [4.78, 5) is 22.2. The maximum absolute atomic E-state index is 13.7. The van der Waals surface area contributed by atoms with Crippen molar-refractivity contribution in [1.82, 2.24) is 14.5 Å². The number of aromatic hydroxyl groups is 1. The van der Waals surface area contributed by atoms with Crippen molar-refractivity contribution in [2.24, 2.45) is 0 Å². The molecule has 34 heavy (non-hydrogen) atoms. The molecule has 4 aliphatic rings. The summed E-state index contributed by atoms with van der Waals surface area (Å²) in [6, 6.07) is 17.1. The number of hydrogen-bond acceptors (Lipinski definition) is 4. The Bertz CT molecular complexity index is 1470. The average Bonchev–Trinajstić information content (AvgIpc) is 3.17. The van der Waals surface area contributed by atoms with Crippen LogP contribution in [0, 0.1) is 0 Å². The molecule has 0 aromatic heterocycles. The predicted molar refractivity (Wildman–Crippen MR) is 131 cm³/mol. The Morgan fingerprint density at radius 3 is 2.44 bits per heavy atom. The minimum Gasteiger partial charge on any atom is -0.512 e. The van der Waals surface area contributed by atoms with Gasteiger partial charge in [0, 0.05) is 19.3 Å². The predicted octanol–water partition coefficient (Wildman–Crippen LogP) is 4.82. The highest BCUT2D eigenvalue weighted by Gasteiger charge is 2.30. The largest absolute Gasteiger partial charge is 0.512 e. The lowest BCUT2D eigenvalue weighted by Gasteiger charge is -2.28. The van der Waals surface area contributed by atoms with Gasteiger partial charge in [0.1, 0.15) is 11.4 Å². The number of nitrogens with one attached hydrogen (secondary N) is 1. The molecule has 2 aliphatic heterocycles. The van der Waals surface area contributed by atoms with E-state index < -0.39 is 0 Å². The number of rotatable bonds is 4. The van der Waals surface area contributed by atoms with E-state index >= 15 is 0 Å². The summed E-state index contributed by atoms with van der Waals surface area (Å²) in [6.07, 6.45) is 5.79. The maximum atomic E-state index is 13.7. The van der Waals surface area contributed by atoms with Crippen LogP contribution in [-0.4, -0.2) is 24.7 Å². The number of benzene rings is 2. The Kier molecular flexibility index (Phi) is 4.87. The molecule has 0 saturated heterocycles. The van der Waals surface area contributed by atoms with Crippen molar-refractivity contribution >= 4 is 5.57 Å². The van der Waals surface area contributed by atoms with Crippen LogP contribution in [0.2, 0.25) is 0 Å². The van der Waals surface area contributed by atoms with E-state index in [-0.39, 0.29) is 11.3 Å². The highest BCUT2D eigenvalue weighted by Crippen LogP contribution is 2.39. The van der Waals surface area contributed by atoms with Gasteiger partial charge in [-0.3, -0.25) is 9.36 Å². The van der Waals surface area contributed by atoms with Gasteiger partial charge in [0.15, 0.2) is 5.82 Å². The van der Waals surface area contributed by atoms with E-state index in [1.54, 1.807) is 12.1 Å². The number of fused-ring (bicyclic) bond motifs is 4. The third kappa shape index (κ3) is 3.52. The van der Waals surface area contributed by atoms with E-state index in [1.807, 2.05) is 41.0 Å². The molecule has 0 saturated carbocycles. The van der Waals surface area contributed by atoms with Crippen molar-refractivity contribution in [3.05, 3.63) is 116 Å². The summed E-state index contributed by atoms with van der Waals surface area (Å²) in [5.74, 6) is 1.31. The average molecular weight is 452 g/mol. The molecule has 0 fully saturated rings. The van der Waals surface area contributed by atoms with Gasteiger partial charge in [0.25, 0.3) is 5.56 Å². The molecule has 2 aliphatic carbocycles. The van der Waals surface area contributed by atoms with Gasteiger partial charge in [-0.05, 0) is 59.7 Å². The van der Waals surface area contributed by atoms with Crippen LogP contribution in [0.3, 0.4) is 0 Å². The number of hydrogen-bond donors (Lipinski definition) is 3. The van der Waals surface area contributed by atoms with E-state index in [9.17, 15) is 15.0 Å². The van der Waals surface area contributed by atoms with Crippen LogP contribution in [-0.2, 0) is 19.3 Å². The third-order valence-electron chi connectivity index (χ3n) is 6.83. The Morgan fingerprint density at radius 2 is 1.65 bits per heavy atom. The number of H-pyrrole nitrogens is 1. The minimum absolute atomic E-state index is 0.0825. The molecule has 6 nitrogen and oxygen atoms in total. The number of phenols is 1. The van der Waals surface area contributed by atoms with Crippen molar-refractivity contribution in [3.8, 4) is 11.6 Å². The van der Waals surface area contributed by atoms with Crippen LogP contribution in [0.1, 0.15) is 53.2 Å². The summed E-state index contributed by atoms with van der Waals surface area (Å²) in [5.41, 5.74) is 7.69. The molecule has 0 spiro atoms. The fourth-order valence-electron chi connectivity index (χ4n) is 5.16. The van der Waals surface area contributed by atoms with Crippen LogP contribution >= 0.6 is 0 Å². The highest BCUT2D eigenvalue weighted by atomic mass is 16.3. The topological polar surface area (TPSA) is 91.1 Å². The minimum atomic E-state index is -0.0825. The first-order valence-corrected chi connectivity index (χ1v) is 11.7. The van der Waals surface area contributed by atoms with E-state index in [0.717, 1.165) is 46.6 Å². The van der Waals surface area contributed by atoms with Crippen LogP contribution < -0.4 is 5.56 Å². The molecule has 170 valence electrons. The van der Waals surface area contributed by atoms with E-state index in [1.165, 1.54) is 5.57 Å². The van der Waals surface area contributed by atoms with Gasteiger partial charge >= 0.3 is 0 Å². The van der Waals surface area contributed by atoms with Gasteiger partial charge in [0.2, 0.25) is 0 Å². The highest BCUT2D eigenvalue weighted by molar-refractivity contribution is 5.74. The zero-order chi connectivity index (χ0) is 23.2. The first-order valence-electron chi connectivity index (χ1n) is 11.7. The second kappa shape index (κ2) is 8.06. The number of nitrogens with zero attached hydrogens (tertiary/aromatic N) is 2. The lowest BCUT2D eigenvalue weighted by atomic mass is 9.85. The molecule has 2 heterocycles. The molecular formula is C28H25N3O3. The summed E-state index contributed by atoms with van der Waals surface area (Å²) < 4.78 is 1.81. The lowest BCUT2D eigenvalue weighted by molar-refractivity contribution is 0.386. The number of aromatic nitrogens is 3. The number of aliphatic hydroxyl groups excluding tert-OH is 1. The van der Waals surface area contributed by atoms with Gasteiger partial charge in [-0.1, -0.05) is 42.5 Å². The Morgan fingerprint density at radius 1 is 0.882 bits per heavy atom. The SMILES string of the molecule is O=c1c(Cc2ccc(O)cc2)nc2c(Cc3ccccc3)[nH]c3c(n1-2)CCC1=C3CCC(O)=C1. The molecule has 3 N–H and O–H groups in total. The second-order valence-electron chi connectivity index (χ2n) is 9.09. The summed E-state index contributed by atoms with van der Waals surface area (Å²) in [6.45, 7) is 0. The van der Waals surface area contributed by atoms with Gasteiger partial charge < -0.3 is 15.2 Å². The quantitative estimate of drug-likeness (QED) is 0.415. The van der Waals surface area contributed by atoms with Crippen molar-refractivity contribution in [3.63, 3.8) is 0 Å². The van der Waals surface area contributed by atoms with Crippen molar-refractivity contribution in [1.29, 1.82) is 0 Å². The van der Waals surface area contributed by atoms with E-state index in [4.69, 9.17) is 4.98 Å². The molecule has 0 unspecified atom stereocenters. The van der Waals surface area contributed by atoms with Crippen LogP contribution in [0.15, 0.2) is 76.8 Å². The number of imidazole rings is 1. The Balaban J connectivity index is 1.54. The molecule has 0 bridgehead atoms. The fraction of sp³-hybridized carbons (Fsp3) is 0.214.